The molecule has 2 aliphatic rings. The molecule has 0 N–H and O–H groups in total. The molecule has 0 aliphatic carbocycles. The molecular formula is C23H24FN3O. The van der Waals surface area contributed by atoms with Crippen molar-refractivity contribution in [2.45, 2.75) is 32.4 Å². The number of likely N-dealkylation sites (tertiary alicyclic amines) is 1. The summed E-state index contributed by atoms with van der Waals surface area (Å²) in [7, 11) is 0. The average molecular weight is 377 g/mol. The minimum absolute atomic E-state index is 0.0274. The zero-order chi connectivity index (χ0) is 19.5. The Morgan fingerprint density at radius 1 is 1.18 bits per heavy atom. The first-order valence-electron chi connectivity index (χ1n) is 9.90. The highest BCUT2D eigenvalue weighted by Crippen LogP contribution is 2.25. The molecule has 1 unspecified atom stereocenters. The summed E-state index contributed by atoms with van der Waals surface area (Å²) >= 11 is 0. The van der Waals surface area contributed by atoms with E-state index in [2.05, 4.69) is 23.1 Å². The number of hydrogen-bond donors (Lipinski definition) is 0. The van der Waals surface area contributed by atoms with E-state index in [0.717, 1.165) is 32.4 Å². The first-order chi connectivity index (χ1) is 13.6. The van der Waals surface area contributed by atoms with Crippen molar-refractivity contribution in [2.24, 2.45) is 5.92 Å². The Morgan fingerprint density at radius 3 is 2.79 bits per heavy atom. The second-order valence-corrected chi connectivity index (χ2v) is 7.77. The summed E-state index contributed by atoms with van der Waals surface area (Å²) in [5, 5.41) is 8.89. The van der Waals surface area contributed by atoms with Gasteiger partial charge in [0.05, 0.1) is 17.6 Å². The minimum Gasteiger partial charge on any atom is -0.338 e. The second-order valence-electron chi connectivity index (χ2n) is 7.77. The highest BCUT2D eigenvalue weighted by Gasteiger charge is 2.31. The Hall–Kier alpha value is -2.71. The standard InChI is InChI=1S/C23H24FN3O/c24-22-12-17(13-25)7-8-20(22)14-26-10-3-6-21(15-26)23(28)27-11-9-18-4-1-2-5-19(18)16-27/h1-2,4-5,7-8,12,21H,3,6,9-11,14-16H2. The van der Waals surface area contributed by atoms with Crippen LogP contribution in [0.25, 0.3) is 0 Å². The highest BCUT2D eigenvalue weighted by molar-refractivity contribution is 5.79. The zero-order valence-electron chi connectivity index (χ0n) is 15.9. The number of hydrogen-bond acceptors (Lipinski definition) is 3. The molecule has 4 nitrogen and oxygen atoms in total. The van der Waals surface area contributed by atoms with E-state index in [1.165, 1.54) is 17.2 Å². The van der Waals surface area contributed by atoms with Gasteiger partial charge in [-0.15, -0.1) is 0 Å². The second kappa shape index (κ2) is 8.12. The Morgan fingerprint density at radius 2 is 2.00 bits per heavy atom. The Bertz CT molecular complexity index is 920. The third kappa shape index (κ3) is 3.93. The van der Waals surface area contributed by atoms with Crippen molar-refractivity contribution in [3.63, 3.8) is 0 Å². The van der Waals surface area contributed by atoms with Crippen LogP contribution >= 0.6 is 0 Å². The van der Waals surface area contributed by atoms with Crippen LogP contribution in [-0.4, -0.2) is 35.3 Å². The molecule has 0 spiro atoms. The van der Waals surface area contributed by atoms with Crippen LogP contribution in [0.15, 0.2) is 42.5 Å². The van der Waals surface area contributed by atoms with Crippen molar-refractivity contribution in [2.75, 3.05) is 19.6 Å². The predicted octanol–water partition coefficient (Wildman–Crippen LogP) is 3.49. The number of amides is 1. The lowest BCUT2D eigenvalue weighted by molar-refractivity contribution is -0.138. The van der Waals surface area contributed by atoms with Crippen molar-refractivity contribution < 1.29 is 9.18 Å². The molecule has 0 bridgehead atoms. The first-order valence-corrected chi connectivity index (χ1v) is 9.90. The fourth-order valence-corrected chi connectivity index (χ4v) is 4.33. The molecule has 2 aromatic rings. The summed E-state index contributed by atoms with van der Waals surface area (Å²) in [6.07, 6.45) is 2.75. The molecule has 0 saturated carbocycles. The van der Waals surface area contributed by atoms with Gasteiger partial charge in [0.2, 0.25) is 5.91 Å². The molecular weight excluding hydrogens is 353 g/mol. The van der Waals surface area contributed by atoms with Crippen LogP contribution in [0, 0.1) is 23.1 Å². The lowest BCUT2D eigenvalue weighted by Gasteiger charge is -2.36. The predicted molar refractivity (Wildman–Crippen MR) is 105 cm³/mol. The quantitative estimate of drug-likeness (QED) is 0.823. The summed E-state index contributed by atoms with van der Waals surface area (Å²) < 4.78 is 14.2. The molecule has 2 heterocycles. The van der Waals surface area contributed by atoms with Gasteiger partial charge in [0.1, 0.15) is 5.82 Å². The molecule has 4 rings (SSSR count). The smallest absolute Gasteiger partial charge is 0.227 e. The molecule has 1 fully saturated rings. The highest BCUT2D eigenvalue weighted by atomic mass is 19.1. The molecule has 1 amide bonds. The van der Waals surface area contributed by atoms with E-state index in [1.807, 2.05) is 17.0 Å². The summed E-state index contributed by atoms with van der Waals surface area (Å²) in [6, 6.07) is 14.9. The third-order valence-electron chi connectivity index (χ3n) is 5.87. The molecule has 5 heteroatoms. The molecule has 1 saturated heterocycles. The molecule has 28 heavy (non-hydrogen) atoms. The van der Waals surface area contributed by atoms with E-state index in [-0.39, 0.29) is 17.6 Å². The number of nitriles is 1. The van der Waals surface area contributed by atoms with E-state index in [4.69, 9.17) is 5.26 Å². The van der Waals surface area contributed by atoms with Gasteiger partial charge in [-0.25, -0.2) is 4.39 Å². The van der Waals surface area contributed by atoms with Crippen LogP contribution in [0.5, 0.6) is 0 Å². The van der Waals surface area contributed by atoms with E-state index in [1.54, 1.807) is 12.1 Å². The van der Waals surface area contributed by atoms with Gasteiger partial charge in [-0.1, -0.05) is 30.3 Å². The Kier molecular flexibility index (Phi) is 5.40. The van der Waals surface area contributed by atoms with Crippen molar-refractivity contribution in [3.05, 3.63) is 70.5 Å². The van der Waals surface area contributed by atoms with Crippen LogP contribution in [-0.2, 0) is 24.3 Å². The number of piperidine rings is 1. The van der Waals surface area contributed by atoms with Crippen LogP contribution in [0.4, 0.5) is 4.39 Å². The normalized spacial score (nSPS) is 19.7. The van der Waals surface area contributed by atoms with E-state index < -0.39 is 0 Å². The van der Waals surface area contributed by atoms with Gasteiger partial charge in [-0.05, 0) is 49.1 Å². The summed E-state index contributed by atoms with van der Waals surface area (Å²) in [5.41, 5.74) is 3.50. The molecule has 0 aromatic heterocycles. The maximum absolute atomic E-state index is 14.2. The van der Waals surface area contributed by atoms with Gasteiger partial charge < -0.3 is 4.90 Å². The SMILES string of the molecule is N#Cc1ccc(CN2CCCC(C(=O)N3CCc4ccccc4C3)C2)c(F)c1. The lowest BCUT2D eigenvalue weighted by Crippen LogP contribution is -2.46. The minimum atomic E-state index is -0.347. The fourth-order valence-electron chi connectivity index (χ4n) is 4.33. The molecule has 2 aliphatic heterocycles. The first kappa shape index (κ1) is 18.6. The summed E-state index contributed by atoms with van der Waals surface area (Å²) in [5.74, 6) is -0.153. The average Bonchev–Trinajstić information content (AvgIpc) is 2.74. The van der Waals surface area contributed by atoms with Gasteiger partial charge in [-0.3, -0.25) is 9.69 Å². The van der Waals surface area contributed by atoms with E-state index in [0.29, 0.717) is 30.8 Å². The van der Waals surface area contributed by atoms with Gasteiger partial charge in [0.25, 0.3) is 0 Å². The van der Waals surface area contributed by atoms with Gasteiger partial charge in [-0.2, -0.15) is 5.26 Å². The summed E-state index contributed by atoms with van der Waals surface area (Å²) in [6.45, 7) is 3.47. The third-order valence-corrected chi connectivity index (χ3v) is 5.87. The van der Waals surface area contributed by atoms with Crippen LogP contribution < -0.4 is 0 Å². The number of nitrogens with zero attached hydrogens (tertiary/aromatic N) is 3. The number of rotatable bonds is 3. The number of fused-ring (bicyclic) bond motifs is 1. The van der Waals surface area contributed by atoms with Gasteiger partial charge >= 0.3 is 0 Å². The number of carbonyl (C=O) groups is 1. The van der Waals surface area contributed by atoms with Gasteiger partial charge in [0, 0.05) is 31.7 Å². The monoisotopic (exact) mass is 377 g/mol. The lowest BCUT2D eigenvalue weighted by atomic mass is 9.93. The fraction of sp³-hybridized carbons (Fsp3) is 0.391. The van der Waals surface area contributed by atoms with Gasteiger partial charge in [0.15, 0.2) is 0 Å². The Balaban J connectivity index is 1.40. The molecule has 1 atom stereocenters. The van der Waals surface area contributed by atoms with Crippen molar-refractivity contribution in [3.8, 4) is 6.07 Å². The maximum atomic E-state index is 14.2. The topological polar surface area (TPSA) is 47.3 Å². The van der Waals surface area contributed by atoms with Crippen molar-refractivity contribution in [1.82, 2.24) is 9.80 Å². The largest absolute Gasteiger partial charge is 0.338 e. The van der Waals surface area contributed by atoms with Crippen molar-refractivity contribution >= 4 is 5.91 Å². The Labute approximate surface area is 165 Å². The maximum Gasteiger partial charge on any atom is 0.227 e. The number of benzene rings is 2. The number of carbonyl (C=O) groups excluding carboxylic acids is 1. The van der Waals surface area contributed by atoms with Crippen LogP contribution in [0.1, 0.15) is 35.1 Å². The summed E-state index contributed by atoms with van der Waals surface area (Å²) in [4.78, 5) is 17.2. The molecule has 2 aromatic carbocycles. The van der Waals surface area contributed by atoms with Crippen molar-refractivity contribution in [1.29, 1.82) is 5.26 Å². The van der Waals surface area contributed by atoms with E-state index >= 15 is 0 Å². The van der Waals surface area contributed by atoms with E-state index in [9.17, 15) is 9.18 Å². The van der Waals surface area contributed by atoms with Crippen LogP contribution in [0.3, 0.4) is 0 Å². The molecule has 144 valence electrons. The van der Waals surface area contributed by atoms with Crippen LogP contribution in [0.2, 0.25) is 0 Å². The zero-order valence-corrected chi connectivity index (χ0v) is 15.9. The molecule has 0 radical (unpaired) electrons. The number of halogens is 1.